The summed E-state index contributed by atoms with van der Waals surface area (Å²) in [5.74, 6) is 0.613. The molecule has 0 aliphatic carbocycles. The fourth-order valence-electron chi connectivity index (χ4n) is 3.10. The van der Waals surface area contributed by atoms with E-state index in [2.05, 4.69) is 15.5 Å². The molecule has 1 amide bonds. The number of aromatic nitrogens is 3. The molecule has 1 aromatic heterocycles. The first-order valence-corrected chi connectivity index (χ1v) is 11.5. The quantitative estimate of drug-likeness (QED) is 0.315. The van der Waals surface area contributed by atoms with Gasteiger partial charge in [-0.05, 0) is 55.5 Å². The number of ether oxygens (including phenoxy) is 1. The summed E-state index contributed by atoms with van der Waals surface area (Å²) < 4.78 is 21.0. The SMILES string of the molecule is CC(Oc1ccccc1Cl)c1nnc(SCC(=O)Nc2ccc(F)cc2)n1-c1ccccc1. The molecule has 1 unspecified atom stereocenters. The maximum Gasteiger partial charge on any atom is 0.234 e. The van der Waals surface area contributed by atoms with Gasteiger partial charge in [0.25, 0.3) is 0 Å². The van der Waals surface area contributed by atoms with Crippen molar-refractivity contribution < 1.29 is 13.9 Å². The number of carbonyl (C=O) groups is 1. The van der Waals surface area contributed by atoms with E-state index in [0.29, 0.717) is 27.4 Å². The van der Waals surface area contributed by atoms with Crippen LogP contribution in [0.2, 0.25) is 5.02 Å². The average molecular weight is 483 g/mol. The Hall–Kier alpha value is -3.36. The highest BCUT2D eigenvalue weighted by atomic mass is 35.5. The average Bonchev–Trinajstić information content (AvgIpc) is 3.25. The highest BCUT2D eigenvalue weighted by Gasteiger charge is 2.22. The molecule has 0 bridgehead atoms. The molecule has 1 N–H and O–H groups in total. The predicted octanol–water partition coefficient (Wildman–Crippen LogP) is 5.93. The van der Waals surface area contributed by atoms with E-state index in [1.165, 1.54) is 36.0 Å². The Bertz CT molecular complexity index is 1230. The second-order valence-electron chi connectivity index (χ2n) is 7.05. The Kier molecular flexibility index (Phi) is 7.26. The van der Waals surface area contributed by atoms with Gasteiger partial charge in [-0.3, -0.25) is 9.36 Å². The lowest BCUT2D eigenvalue weighted by molar-refractivity contribution is -0.113. The molecule has 0 saturated heterocycles. The fourth-order valence-corrected chi connectivity index (χ4v) is 4.04. The number of thioether (sulfide) groups is 1. The predicted molar refractivity (Wildman–Crippen MR) is 128 cm³/mol. The Morgan fingerprint density at radius 2 is 1.76 bits per heavy atom. The lowest BCUT2D eigenvalue weighted by Crippen LogP contribution is -2.15. The van der Waals surface area contributed by atoms with Gasteiger partial charge in [-0.2, -0.15) is 0 Å². The van der Waals surface area contributed by atoms with Gasteiger partial charge in [0, 0.05) is 11.4 Å². The van der Waals surface area contributed by atoms with Crippen molar-refractivity contribution in [2.24, 2.45) is 0 Å². The zero-order valence-electron chi connectivity index (χ0n) is 17.6. The third-order valence-electron chi connectivity index (χ3n) is 4.64. The standard InChI is InChI=1S/C24H20ClFN4O2S/c1-16(32-21-10-6-5-9-20(21)25)23-28-29-24(30(23)19-7-3-2-4-8-19)33-15-22(31)27-18-13-11-17(26)12-14-18/h2-14,16H,15H2,1H3,(H,27,31). The van der Waals surface area contributed by atoms with E-state index < -0.39 is 6.10 Å². The number of hydrogen-bond donors (Lipinski definition) is 1. The monoisotopic (exact) mass is 482 g/mol. The molecule has 1 atom stereocenters. The number of nitrogens with one attached hydrogen (secondary N) is 1. The van der Waals surface area contributed by atoms with Crippen LogP contribution >= 0.6 is 23.4 Å². The van der Waals surface area contributed by atoms with Crippen molar-refractivity contribution in [2.45, 2.75) is 18.2 Å². The third kappa shape index (κ3) is 5.71. The van der Waals surface area contributed by atoms with Crippen molar-refractivity contribution in [1.82, 2.24) is 14.8 Å². The molecule has 9 heteroatoms. The van der Waals surface area contributed by atoms with Crippen molar-refractivity contribution in [3.8, 4) is 11.4 Å². The topological polar surface area (TPSA) is 69.0 Å². The number of amides is 1. The molecule has 0 saturated carbocycles. The van der Waals surface area contributed by atoms with Crippen LogP contribution < -0.4 is 10.1 Å². The largest absolute Gasteiger partial charge is 0.481 e. The summed E-state index contributed by atoms with van der Waals surface area (Å²) >= 11 is 7.48. The normalized spacial score (nSPS) is 11.7. The minimum Gasteiger partial charge on any atom is -0.481 e. The third-order valence-corrected chi connectivity index (χ3v) is 5.88. The number of anilines is 1. The molecule has 0 aliphatic rings. The maximum absolute atomic E-state index is 13.1. The van der Waals surface area contributed by atoms with Gasteiger partial charge in [0.15, 0.2) is 17.1 Å². The summed E-state index contributed by atoms with van der Waals surface area (Å²) in [6.45, 7) is 1.86. The van der Waals surface area contributed by atoms with Gasteiger partial charge in [0.1, 0.15) is 11.6 Å². The Morgan fingerprint density at radius 1 is 1.06 bits per heavy atom. The maximum atomic E-state index is 13.1. The summed E-state index contributed by atoms with van der Waals surface area (Å²) in [4.78, 5) is 12.4. The second-order valence-corrected chi connectivity index (χ2v) is 8.40. The van der Waals surface area contributed by atoms with Gasteiger partial charge >= 0.3 is 0 Å². The smallest absolute Gasteiger partial charge is 0.234 e. The van der Waals surface area contributed by atoms with Crippen LogP contribution in [0.3, 0.4) is 0 Å². The van der Waals surface area contributed by atoms with Crippen LogP contribution in [0, 0.1) is 5.82 Å². The van der Waals surface area contributed by atoms with Gasteiger partial charge in [-0.15, -0.1) is 10.2 Å². The Labute approximate surface area is 199 Å². The van der Waals surface area contributed by atoms with Crippen molar-refractivity contribution in [2.75, 3.05) is 11.1 Å². The summed E-state index contributed by atoms with van der Waals surface area (Å²) in [6, 6.07) is 22.4. The minimum absolute atomic E-state index is 0.0993. The number of rotatable bonds is 8. The molecule has 4 aromatic rings. The Morgan fingerprint density at radius 3 is 2.48 bits per heavy atom. The minimum atomic E-state index is -0.458. The summed E-state index contributed by atoms with van der Waals surface area (Å²) in [5.41, 5.74) is 1.36. The lowest BCUT2D eigenvalue weighted by atomic mass is 10.3. The molecule has 33 heavy (non-hydrogen) atoms. The van der Waals surface area contributed by atoms with Crippen molar-refractivity contribution in [1.29, 1.82) is 0 Å². The first-order valence-electron chi connectivity index (χ1n) is 10.1. The van der Waals surface area contributed by atoms with Crippen molar-refractivity contribution in [3.63, 3.8) is 0 Å². The molecule has 3 aromatic carbocycles. The van der Waals surface area contributed by atoms with Crippen molar-refractivity contribution >= 4 is 35.0 Å². The zero-order valence-corrected chi connectivity index (χ0v) is 19.2. The zero-order chi connectivity index (χ0) is 23.2. The molecule has 6 nitrogen and oxygen atoms in total. The van der Waals surface area contributed by atoms with E-state index in [1.54, 1.807) is 12.1 Å². The van der Waals surface area contributed by atoms with Crippen LogP contribution in [0.1, 0.15) is 18.9 Å². The van der Waals surface area contributed by atoms with E-state index >= 15 is 0 Å². The molecule has 0 aliphatic heterocycles. The molecule has 4 rings (SSSR count). The first-order chi connectivity index (χ1) is 16.0. The van der Waals surface area contributed by atoms with E-state index in [4.69, 9.17) is 16.3 Å². The number of nitrogens with zero attached hydrogens (tertiary/aromatic N) is 3. The molecule has 1 heterocycles. The van der Waals surface area contributed by atoms with Gasteiger partial charge in [0.2, 0.25) is 5.91 Å². The Balaban J connectivity index is 1.54. The number of benzene rings is 3. The molecular weight excluding hydrogens is 463 g/mol. The van der Waals surface area contributed by atoms with Crippen molar-refractivity contribution in [3.05, 3.63) is 95.5 Å². The van der Waals surface area contributed by atoms with Gasteiger partial charge in [0.05, 0.1) is 10.8 Å². The van der Waals surface area contributed by atoms with Crippen LogP contribution in [0.15, 0.2) is 84.0 Å². The number of hydrogen-bond acceptors (Lipinski definition) is 5. The van der Waals surface area contributed by atoms with E-state index in [-0.39, 0.29) is 17.5 Å². The van der Waals surface area contributed by atoms with Crippen LogP contribution in [0.25, 0.3) is 5.69 Å². The molecular formula is C24H20ClFN4O2S. The van der Waals surface area contributed by atoms with Crippen LogP contribution in [0.4, 0.5) is 10.1 Å². The summed E-state index contributed by atoms with van der Waals surface area (Å²) in [6.07, 6.45) is -0.458. The molecule has 168 valence electrons. The fraction of sp³-hybridized carbons (Fsp3) is 0.125. The van der Waals surface area contributed by atoms with Crippen LogP contribution in [0.5, 0.6) is 5.75 Å². The first kappa shape index (κ1) is 22.8. The number of halogens is 2. The molecule has 0 fully saturated rings. The van der Waals surface area contributed by atoms with Gasteiger partial charge in [-0.25, -0.2) is 4.39 Å². The van der Waals surface area contributed by atoms with Gasteiger partial charge in [-0.1, -0.05) is 53.7 Å². The molecule has 0 spiro atoms. The van der Waals surface area contributed by atoms with Crippen LogP contribution in [-0.2, 0) is 4.79 Å². The summed E-state index contributed by atoms with van der Waals surface area (Å²) in [7, 11) is 0. The van der Waals surface area contributed by atoms with Crippen LogP contribution in [-0.4, -0.2) is 26.4 Å². The second kappa shape index (κ2) is 10.5. The molecule has 0 radical (unpaired) electrons. The van der Waals surface area contributed by atoms with Gasteiger partial charge < -0.3 is 10.1 Å². The van der Waals surface area contributed by atoms with E-state index in [9.17, 15) is 9.18 Å². The lowest BCUT2D eigenvalue weighted by Gasteiger charge is -2.17. The number of para-hydroxylation sites is 2. The highest BCUT2D eigenvalue weighted by molar-refractivity contribution is 7.99. The van der Waals surface area contributed by atoms with E-state index in [0.717, 1.165) is 5.69 Å². The number of carbonyl (C=O) groups excluding carboxylic acids is 1. The van der Waals surface area contributed by atoms with E-state index in [1.807, 2.05) is 54.0 Å². The summed E-state index contributed by atoms with van der Waals surface area (Å²) in [5, 5.41) is 12.4. The highest BCUT2D eigenvalue weighted by Crippen LogP contribution is 2.31.